The Morgan fingerprint density at radius 1 is 0.746 bits per heavy atom. The van der Waals surface area contributed by atoms with Gasteiger partial charge in [-0.3, -0.25) is 14.4 Å². The van der Waals surface area contributed by atoms with E-state index in [0.29, 0.717) is 32.3 Å². The molecule has 4 saturated heterocycles. The first-order valence-corrected chi connectivity index (χ1v) is 23.4. The third-order valence-corrected chi connectivity index (χ3v) is 14.7. The normalized spacial score (nSPS) is 24.1. The van der Waals surface area contributed by atoms with Crippen LogP contribution in [0.3, 0.4) is 0 Å². The molecular weight excluding hydrogens is 797 g/mol. The SMILES string of the molecule is CC(=O)C[C@H](C(=O)N1[C@@H](C)CC[C@H]1c1nc(-c2ccc(-c3ccc(-c4cnc([C@@H]5CC[C@H](C)N5C(=O)[C@@H](NC(C)=O)C5CCOCC5)[nH]4)cc3)c3c2CCC3)co1)C1CCOCC1. The number of oxazole rings is 1. The van der Waals surface area contributed by atoms with Crippen LogP contribution in [0.25, 0.3) is 33.6 Å². The van der Waals surface area contributed by atoms with Crippen molar-refractivity contribution in [2.24, 2.45) is 17.8 Å². The Morgan fingerprint density at radius 2 is 1.35 bits per heavy atom. The van der Waals surface area contributed by atoms with Crippen molar-refractivity contribution < 1.29 is 33.1 Å². The summed E-state index contributed by atoms with van der Waals surface area (Å²) in [5.41, 5.74) is 8.76. The molecule has 6 heterocycles. The van der Waals surface area contributed by atoms with Crippen molar-refractivity contribution in [2.45, 2.75) is 135 Å². The van der Waals surface area contributed by atoms with Crippen LogP contribution in [-0.2, 0) is 41.5 Å². The lowest BCUT2D eigenvalue weighted by Crippen LogP contribution is -2.54. The summed E-state index contributed by atoms with van der Waals surface area (Å²) in [6.07, 6.45) is 13.2. The summed E-state index contributed by atoms with van der Waals surface area (Å²) in [4.78, 5) is 70.5. The number of carbonyl (C=O) groups is 4. The van der Waals surface area contributed by atoms with Crippen molar-refractivity contribution in [3.63, 3.8) is 0 Å². The van der Waals surface area contributed by atoms with Crippen molar-refractivity contribution in [1.29, 1.82) is 0 Å². The zero-order valence-corrected chi connectivity index (χ0v) is 37.2. The van der Waals surface area contributed by atoms with Gasteiger partial charge in [-0.15, -0.1) is 0 Å². The number of fused-ring (bicyclic) bond motifs is 1. The van der Waals surface area contributed by atoms with Crippen LogP contribution >= 0.6 is 0 Å². The number of benzene rings is 2. The Balaban J connectivity index is 0.913. The van der Waals surface area contributed by atoms with E-state index in [1.54, 1.807) is 13.2 Å². The number of likely N-dealkylation sites (tertiary alicyclic amines) is 2. The zero-order chi connectivity index (χ0) is 43.8. The fourth-order valence-corrected chi connectivity index (χ4v) is 11.4. The van der Waals surface area contributed by atoms with Crippen LogP contribution in [0.1, 0.15) is 127 Å². The van der Waals surface area contributed by atoms with Crippen molar-refractivity contribution in [1.82, 2.24) is 30.1 Å². The first-order valence-electron chi connectivity index (χ1n) is 23.4. The third-order valence-electron chi connectivity index (χ3n) is 14.7. The topological polar surface area (TPSA) is 160 Å². The molecule has 63 heavy (non-hydrogen) atoms. The molecule has 0 spiro atoms. The average molecular weight is 859 g/mol. The van der Waals surface area contributed by atoms with Gasteiger partial charge in [-0.05, 0) is 131 Å². The minimum absolute atomic E-state index is 0.0303. The molecule has 13 nitrogen and oxygen atoms in total. The predicted molar refractivity (Wildman–Crippen MR) is 237 cm³/mol. The molecule has 1 aliphatic carbocycles. The first kappa shape index (κ1) is 43.1. The van der Waals surface area contributed by atoms with E-state index in [0.717, 1.165) is 105 Å². The molecule has 6 atom stereocenters. The van der Waals surface area contributed by atoms with Crippen LogP contribution in [0.4, 0.5) is 0 Å². The molecule has 2 N–H and O–H groups in total. The highest BCUT2D eigenvalue weighted by Crippen LogP contribution is 2.43. The number of ketones is 1. The smallest absolute Gasteiger partial charge is 0.246 e. The summed E-state index contributed by atoms with van der Waals surface area (Å²) in [6.45, 7) is 9.68. The zero-order valence-electron chi connectivity index (χ0n) is 37.2. The molecule has 334 valence electrons. The highest BCUT2D eigenvalue weighted by molar-refractivity contribution is 5.88. The Kier molecular flexibility index (Phi) is 12.7. The molecule has 9 rings (SSSR count). The van der Waals surface area contributed by atoms with Gasteiger partial charge in [0.15, 0.2) is 0 Å². The second-order valence-electron chi connectivity index (χ2n) is 18.8. The first-order chi connectivity index (χ1) is 30.5. The number of nitrogens with zero attached hydrogens (tertiary/aromatic N) is 4. The lowest BCUT2D eigenvalue weighted by atomic mass is 9.81. The molecule has 0 saturated carbocycles. The number of aromatic nitrogens is 3. The fourth-order valence-electron chi connectivity index (χ4n) is 11.4. The standard InChI is InChI=1S/C50H62N6O7/c1-29-8-16-44(55(29)50(60)46(52-32(4)58)36-20-24-62-25-21-36)47-51-27-42(53-47)35-12-10-33(11-13-35)37-14-15-40(39-7-5-6-38(37)39)43-28-63-48(54-43)45-17-9-30(2)56(45)49(59)41(26-31(3)57)34-18-22-61-23-19-34/h10-15,27-30,34,36,41,44-46H,5-9,16-26H2,1-4H3,(H,51,53)(H,52,58)/t29-,30-,41-,44-,45-,46-/m0/s1. The van der Waals surface area contributed by atoms with E-state index in [1.165, 1.54) is 23.6 Å². The van der Waals surface area contributed by atoms with Crippen molar-refractivity contribution in [3.8, 4) is 33.6 Å². The molecule has 2 aromatic carbocycles. The third kappa shape index (κ3) is 8.75. The molecule has 0 radical (unpaired) electrons. The van der Waals surface area contributed by atoms with E-state index in [4.69, 9.17) is 23.9 Å². The van der Waals surface area contributed by atoms with Crippen LogP contribution in [0, 0.1) is 17.8 Å². The number of carbonyl (C=O) groups excluding carboxylic acids is 4. The van der Waals surface area contributed by atoms with Gasteiger partial charge in [0.05, 0.1) is 17.9 Å². The lowest BCUT2D eigenvalue weighted by molar-refractivity contribution is -0.144. The lowest BCUT2D eigenvalue weighted by Gasteiger charge is -2.36. The Labute approximate surface area is 370 Å². The van der Waals surface area contributed by atoms with Gasteiger partial charge in [0.1, 0.15) is 35.6 Å². The van der Waals surface area contributed by atoms with E-state index in [1.807, 2.05) is 16.0 Å². The predicted octanol–water partition coefficient (Wildman–Crippen LogP) is 7.94. The maximum absolute atomic E-state index is 14.3. The molecule has 4 aliphatic heterocycles. The summed E-state index contributed by atoms with van der Waals surface area (Å²) < 4.78 is 17.4. The van der Waals surface area contributed by atoms with Crippen LogP contribution in [0.15, 0.2) is 53.3 Å². The highest BCUT2D eigenvalue weighted by atomic mass is 16.5. The maximum Gasteiger partial charge on any atom is 0.246 e. The molecule has 5 aliphatic rings. The molecular formula is C50H62N6O7. The Bertz CT molecular complexity index is 2310. The van der Waals surface area contributed by atoms with E-state index < -0.39 is 6.04 Å². The molecule has 3 amide bonds. The van der Waals surface area contributed by atoms with Gasteiger partial charge in [-0.1, -0.05) is 36.4 Å². The van der Waals surface area contributed by atoms with E-state index in [9.17, 15) is 19.2 Å². The number of hydrogen-bond acceptors (Lipinski definition) is 9. The number of Topliss-reactive ketones (excluding diaryl/α,β-unsaturated/α-hetero) is 1. The number of H-pyrrole nitrogens is 1. The number of amides is 3. The minimum Gasteiger partial charge on any atom is -0.446 e. The largest absolute Gasteiger partial charge is 0.446 e. The maximum atomic E-state index is 14.3. The van der Waals surface area contributed by atoms with Gasteiger partial charge >= 0.3 is 0 Å². The second-order valence-corrected chi connectivity index (χ2v) is 18.8. The van der Waals surface area contributed by atoms with Gasteiger partial charge in [-0.25, -0.2) is 9.97 Å². The van der Waals surface area contributed by atoms with Gasteiger partial charge < -0.3 is 38.8 Å². The minimum atomic E-state index is -0.579. The van der Waals surface area contributed by atoms with Gasteiger partial charge in [0.25, 0.3) is 0 Å². The van der Waals surface area contributed by atoms with Gasteiger partial charge in [-0.2, -0.15) is 0 Å². The van der Waals surface area contributed by atoms with E-state index in [2.05, 4.69) is 60.5 Å². The van der Waals surface area contributed by atoms with Crippen LogP contribution in [0.5, 0.6) is 0 Å². The van der Waals surface area contributed by atoms with Gasteiger partial charge in [0.2, 0.25) is 23.6 Å². The Morgan fingerprint density at radius 3 is 2.02 bits per heavy atom. The Hall–Kier alpha value is -5.14. The average Bonchev–Trinajstić information content (AvgIpc) is 4.16. The summed E-state index contributed by atoms with van der Waals surface area (Å²) in [5.74, 6) is 0.989. The monoisotopic (exact) mass is 858 g/mol. The second kappa shape index (κ2) is 18.5. The molecule has 2 aromatic heterocycles. The number of imidazole rings is 1. The molecule has 4 aromatic rings. The summed E-state index contributed by atoms with van der Waals surface area (Å²) in [7, 11) is 0. The number of hydrogen-bond donors (Lipinski definition) is 2. The quantitative estimate of drug-likeness (QED) is 0.144. The van der Waals surface area contributed by atoms with Gasteiger partial charge in [0, 0.05) is 63.3 Å². The highest BCUT2D eigenvalue weighted by Gasteiger charge is 2.44. The van der Waals surface area contributed by atoms with E-state index >= 15 is 0 Å². The molecule has 13 heteroatoms. The van der Waals surface area contributed by atoms with Crippen LogP contribution < -0.4 is 5.32 Å². The number of ether oxygens (including phenoxy) is 2. The van der Waals surface area contributed by atoms with E-state index in [-0.39, 0.29) is 71.8 Å². The fraction of sp³-hybridized carbons (Fsp3) is 0.560. The number of rotatable bonds is 12. The molecule has 4 fully saturated rings. The summed E-state index contributed by atoms with van der Waals surface area (Å²) >= 11 is 0. The number of nitrogens with one attached hydrogen (secondary N) is 2. The number of aromatic amines is 1. The van der Waals surface area contributed by atoms with Crippen molar-refractivity contribution in [3.05, 3.63) is 71.7 Å². The summed E-state index contributed by atoms with van der Waals surface area (Å²) in [6, 6.07) is 12.0. The summed E-state index contributed by atoms with van der Waals surface area (Å²) in [5, 5.41) is 2.98. The van der Waals surface area contributed by atoms with Crippen LogP contribution in [-0.4, -0.2) is 92.8 Å². The molecule has 0 bridgehead atoms. The molecule has 0 unspecified atom stereocenters. The van der Waals surface area contributed by atoms with Crippen molar-refractivity contribution in [2.75, 3.05) is 26.4 Å². The van der Waals surface area contributed by atoms with Crippen LogP contribution in [0.2, 0.25) is 0 Å². The van der Waals surface area contributed by atoms with Crippen molar-refractivity contribution >= 4 is 23.5 Å².